The monoisotopic (exact) mass is 556 g/mol. The maximum atomic E-state index is 12.5. The highest BCUT2D eigenvalue weighted by molar-refractivity contribution is 14.0. The number of nitrogens with one attached hydrogen (secondary N) is 2. The van der Waals surface area contributed by atoms with Crippen LogP contribution in [0.5, 0.6) is 0 Å². The van der Waals surface area contributed by atoms with Crippen molar-refractivity contribution >= 4 is 39.8 Å². The first-order valence-electron chi connectivity index (χ1n) is 11.5. The van der Waals surface area contributed by atoms with Gasteiger partial charge in [-0.25, -0.2) is 8.42 Å². The summed E-state index contributed by atoms with van der Waals surface area (Å²) >= 11 is 0. The van der Waals surface area contributed by atoms with Crippen molar-refractivity contribution in [2.75, 3.05) is 45.6 Å². The van der Waals surface area contributed by atoms with Crippen LogP contribution in [0.25, 0.3) is 0 Å². The highest BCUT2D eigenvalue weighted by Crippen LogP contribution is 2.30. The van der Waals surface area contributed by atoms with Gasteiger partial charge in [-0.15, -0.1) is 24.0 Å². The van der Waals surface area contributed by atoms with Gasteiger partial charge in [0.05, 0.1) is 11.3 Å². The fraction of sp³-hybridized carbons (Fsp3) is 0.952. The number of guanidine groups is 1. The van der Waals surface area contributed by atoms with Crippen molar-refractivity contribution in [3.05, 3.63) is 0 Å². The van der Waals surface area contributed by atoms with Crippen LogP contribution in [0, 0.1) is 0 Å². The number of hydrogen-bond acceptors (Lipinski definition) is 5. The molecule has 0 bridgehead atoms. The third-order valence-corrected chi connectivity index (χ3v) is 9.13. The zero-order valence-corrected chi connectivity index (χ0v) is 21.8. The smallest absolute Gasteiger partial charge is 0.191 e. The Bertz CT molecular complexity index is 639. The first-order chi connectivity index (χ1) is 13.9. The van der Waals surface area contributed by atoms with E-state index in [4.69, 9.17) is 9.73 Å². The molecule has 2 saturated heterocycles. The largest absolute Gasteiger partial charge is 0.381 e. The van der Waals surface area contributed by atoms with Gasteiger partial charge in [-0.3, -0.25) is 4.99 Å². The lowest BCUT2D eigenvalue weighted by Crippen LogP contribution is -2.52. The highest BCUT2D eigenvalue weighted by Gasteiger charge is 2.42. The minimum atomic E-state index is -3.20. The van der Waals surface area contributed by atoms with E-state index < -0.39 is 14.6 Å². The van der Waals surface area contributed by atoms with E-state index >= 15 is 0 Å². The van der Waals surface area contributed by atoms with Crippen LogP contribution in [0.3, 0.4) is 0 Å². The van der Waals surface area contributed by atoms with Gasteiger partial charge in [-0.2, -0.15) is 0 Å². The molecule has 0 radical (unpaired) electrons. The van der Waals surface area contributed by atoms with Crippen molar-refractivity contribution in [1.82, 2.24) is 15.5 Å². The van der Waals surface area contributed by atoms with Gasteiger partial charge in [0, 0.05) is 51.2 Å². The Hall–Kier alpha value is -0.130. The Morgan fingerprint density at radius 1 is 1.10 bits per heavy atom. The molecule has 30 heavy (non-hydrogen) atoms. The van der Waals surface area contributed by atoms with Gasteiger partial charge < -0.3 is 20.3 Å². The topological polar surface area (TPSA) is 83.0 Å². The third-order valence-electron chi connectivity index (χ3n) is 7.02. The number of likely N-dealkylation sites (tertiary alicyclic amines) is 1. The van der Waals surface area contributed by atoms with Crippen LogP contribution < -0.4 is 10.6 Å². The zero-order chi connectivity index (χ0) is 20.7. The Morgan fingerprint density at radius 3 is 2.30 bits per heavy atom. The van der Waals surface area contributed by atoms with E-state index in [-0.39, 0.29) is 24.0 Å². The summed E-state index contributed by atoms with van der Waals surface area (Å²) in [5.74, 6) is 0.748. The fourth-order valence-corrected chi connectivity index (χ4v) is 6.19. The summed E-state index contributed by atoms with van der Waals surface area (Å²) in [6.45, 7) is 6.38. The molecule has 3 aliphatic rings. The molecule has 0 aromatic heterocycles. The van der Waals surface area contributed by atoms with Crippen molar-refractivity contribution in [2.24, 2.45) is 4.99 Å². The minimum absolute atomic E-state index is 0. The van der Waals surface area contributed by atoms with Crippen molar-refractivity contribution in [3.63, 3.8) is 0 Å². The molecule has 0 unspecified atom stereocenters. The summed E-state index contributed by atoms with van der Waals surface area (Å²) in [5.41, 5.74) is 0. The van der Waals surface area contributed by atoms with Crippen LogP contribution in [-0.4, -0.2) is 81.8 Å². The van der Waals surface area contributed by atoms with E-state index in [0.717, 1.165) is 44.5 Å². The number of nitrogens with zero attached hydrogens (tertiary/aromatic N) is 2. The van der Waals surface area contributed by atoms with Crippen molar-refractivity contribution in [2.45, 2.75) is 81.5 Å². The molecule has 2 aliphatic heterocycles. The van der Waals surface area contributed by atoms with Gasteiger partial charge in [0.25, 0.3) is 0 Å². The molecule has 176 valence electrons. The molecule has 2 heterocycles. The molecule has 0 spiro atoms. The second-order valence-corrected chi connectivity index (χ2v) is 11.4. The quantitative estimate of drug-likeness (QED) is 0.298. The fourth-order valence-electron chi connectivity index (χ4n) is 4.98. The molecule has 1 saturated carbocycles. The van der Waals surface area contributed by atoms with Crippen LogP contribution in [0.2, 0.25) is 0 Å². The van der Waals surface area contributed by atoms with Gasteiger partial charge in [-0.1, -0.05) is 19.3 Å². The number of hydrogen-bond donors (Lipinski definition) is 2. The Kier molecular flexibility index (Phi) is 10.6. The first kappa shape index (κ1) is 26.1. The lowest BCUT2D eigenvalue weighted by atomic mass is 9.92. The Morgan fingerprint density at radius 2 is 1.73 bits per heavy atom. The first-order valence-corrected chi connectivity index (χ1v) is 13.4. The van der Waals surface area contributed by atoms with Crippen molar-refractivity contribution < 1.29 is 13.2 Å². The average Bonchev–Trinajstić information content (AvgIpc) is 2.73. The predicted octanol–water partition coefficient (Wildman–Crippen LogP) is 2.55. The van der Waals surface area contributed by atoms with Crippen LogP contribution in [0.4, 0.5) is 0 Å². The van der Waals surface area contributed by atoms with Crippen LogP contribution in [-0.2, 0) is 14.6 Å². The molecule has 9 heteroatoms. The number of ether oxygens (including phenoxy) is 1. The number of sulfone groups is 1. The summed E-state index contributed by atoms with van der Waals surface area (Å²) in [5, 5.41) is 6.89. The van der Waals surface area contributed by atoms with Gasteiger partial charge >= 0.3 is 0 Å². The van der Waals surface area contributed by atoms with E-state index in [0.29, 0.717) is 38.6 Å². The number of rotatable bonds is 6. The van der Waals surface area contributed by atoms with Crippen LogP contribution in [0.15, 0.2) is 4.99 Å². The van der Waals surface area contributed by atoms with E-state index in [1.807, 2.05) is 6.92 Å². The van der Waals surface area contributed by atoms with Gasteiger partial charge in [0.2, 0.25) is 0 Å². The SMILES string of the molecule is CCNC(=NCC1(S(C)(=O)=O)CCOCC1)NC1CCN(C2CCCCC2)CC1.I. The second kappa shape index (κ2) is 12.2. The second-order valence-electron chi connectivity index (χ2n) is 9.01. The molecular weight excluding hydrogens is 515 g/mol. The van der Waals surface area contributed by atoms with Crippen LogP contribution >= 0.6 is 24.0 Å². The van der Waals surface area contributed by atoms with Gasteiger partial charge in [0.1, 0.15) is 0 Å². The molecule has 0 aromatic rings. The van der Waals surface area contributed by atoms with Gasteiger partial charge in [-0.05, 0) is 45.4 Å². The molecule has 1 aliphatic carbocycles. The maximum absolute atomic E-state index is 12.5. The number of halogens is 1. The van der Waals surface area contributed by atoms with Gasteiger partial charge in [0.15, 0.2) is 15.8 Å². The number of piperidine rings is 1. The van der Waals surface area contributed by atoms with E-state index in [9.17, 15) is 8.42 Å². The van der Waals surface area contributed by atoms with E-state index in [2.05, 4.69) is 15.5 Å². The Balaban J connectivity index is 0.00000320. The molecule has 0 atom stereocenters. The third kappa shape index (κ3) is 6.93. The summed E-state index contributed by atoms with van der Waals surface area (Å²) < 4.78 is 29.6. The van der Waals surface area contributed by atoms with Crippen molar-refractivity contribution in [1.29, 1.82) is 0 Å². The highest BCUT2D eigenvalue weighted by atomic mass is 127. The summed E-state index contributed by atoms with van der Waals surface area (Å²) in [6.07, 6.45) is 11.5. The predicted molar refractivity (Wildman–Crippen MR) is 134 cm³/mol. The summed E-state index contributed by atoms with van der Waals surface area (Å²) in [7, 11) is -3.20. The molecule has 3 rings (SSSR count). The molecular formula is C21H41IN4O3S. The minimum Gasteiger partial charge on any atom is -0.381 e. The Labute approximate surface area is 200 Å². The van der Waals surface area contributed by atoms with E-state index in [1.165, 1.54) is 38.4 Å². The lowest BCUT2D eigenvalue weighted by molar-refractivity contribution is 0.0767. The van der Waals surface area contributed by atoms with Crippen LogP contribution in [0.1, 0.15) is 64.7 Å². The van der Waals surface area contributed by atoms with Crippen molar-refractivity contribution in [3.8, 4) is 0 Å². The zero-order valence-electron chi connectivity index (χ0n) is 18.7. The summed E-state index contributed by atoms with van der Waals surface area (Å²) in [4.78, 5) is 7.41. The summed E-state index contributed by atoms with van der Waals surface area (Å²) in [6, 6.07) is 1.19. The average molecular weight is 557 g/mol. The molecule has 0 amide bonds. The number of aliphatic imine (C=N–C) groups is 1. The standard InChI is InChI=1S/C21H40N4O3S.HI/c1-3-22-20(23-17-21(29(2,26)27)11-15-28-16-12-21)24-18-9-13-25(14-10-18)19-7-5-4-6-8-19;/h18-19H,3-17H2,1-2H3,(H2,22,23,24);1H. The lowest BCUT2D eigenvalue weighted by Gasteiger charge is -2.39. The molecule has 2 N–H and O–H groups in total. The maximum Gasteiger partial charge on any atom is 0.191 e. The molecule has 0 aromatic carbocycles. The van der Waals surface area contributed by atoms with E-state index in [1.54, 1.807) is 0 Å². The normalized spacial score (nSPS) is 24.8. The molecule has 7 nitrogen and oxygen atoms in total. The molecule has 3 fully saturated rings.